The number of aryl methyl sites for hydroxylation is 1. The molecule has 5 N–H and O–H groups in total. The lowest BCUT2D eigenvalue weighted by atomic mass is 9.83. The van der Waals surface area contributed by atoms with Crippen molar-refractivity contribution in [2.24, 2.45) is 23.7 Å². The molecular weight excluding hydrogens is 647 g/mol. The Morgan fingerprint density at radius 2 is 1.62 bits per heavy atom. The fraction of sp³-hybridized carbons (Fsp3) is 0.781. The molecule has 0 saturated heterocycles. The molecule has 4 amide bonds. The van der Waals surface area contributed by atoms with E-state index in [2.05, 4.69) is 26.3 Å². The first-order chi connectivity index (χ1) is 21.9. The Labute approximate surface area is 283 Å². The van der Waals surface area contributed by atoms with Gasteiger partial charge in [-0.3, -0.25) is 14.4 Å². The summed E-state index contributed by atoms with van der Waals surface area (Å²) in [5.41, 5.74) is 0.765. The van der Waals surface area contributed by atoms with Gasteiger partial charge in [-0.2, -0.15) is 0 Å². The molecule has 0 aliphatic heterocycles. The minimum absolute atomic E-state index is 0.0199. The third-order valence-electron chi connectivity index (χ3n) is 8.02. The Morgan fingerprint density at radius 3 is 2.17 bits per heavy atom. The number of carbonyl (C=O) groups excluding carboxylic acids is 4. The number of aliphatic hydroxyl groups excluding tert-OH is 1. The molecule has 0 spiro atoms. The van der Waals surface area contributed by atoms with Crippen LogP contribution >= 0.6 is 11.3 Å². The van der Waals surface area contributed by atoms with Crippen molar-refractivity contribution in [1.29, 1.82) is 0 Å². The third-order valence-corrected chi connectivity index (χ3v) is 9.90. The van der Waals surface area contributed by atoms with E-state index in [9.17, 15) is 32.7 Å². The number of hydrogen-bond acceptors (Lipinski definition) is 10. The molecule has 1 aromatic rings. The van der Waals surface area contributed by atoms with Crippen molar-refractivity contribution in [3.8, 4) is 0 Å². The molecule has 13 nitrogen and oxygen atoms in total. The van der Waals surface area contributed by atoms with Crippen molar-refractivity contribution in [2.75, 3.05) is 18.6 Å². The van der Waals surface area contributed by atoms with Crippen molar-refractivity contribution < 1.29 is 37.4 Å². The number of alkyl carbamates (subject to hydrolysis) is 1. The number of aromatic nitrogens is 1. The highest BCUT2D eigenvalue weighted by molar-refractivity contribution is 7.90. The van der Waals surface area contributed by atoms with E-state index in [0.717, 1.165) is 44.1 Å². The fourth-order valence-electron chi connectivity index (χ4n) is 5.58. The molecule has 268 valence electrons. The number of ether oxygens (including phenoxy) is 1. The van der Waals surface area contributed by atoms with E-state index in [1.54, 1.807) is 19.2 Å². The van der Waals surface area contributed by atoms with Gasteiger partial charge in [-0.15, -0.1) is 11.3 Å². The zero-order valence-electron chi connectivity index (χ0n) is 28.8. The van der Waals surface area contributed by atoms with E-state index in [4.69, 9.17) is 4.74 Å². The smallest absolute Gasteiger partial charge is 0.408 e. The highest BCUT2D eigenvalue weighted by Gasteiger charge is 2.34. The SMILES string of the molecule is Cc1csc(COC(=O)N[C@@H](CS(C)(=O)=O)C(=O)N[C@@H](CC(C)C)[C@@H](O)C[C@@H](C)C(=O)N[C@H](C(=O)NCC(C)C)C2CCCCC2)n1. The molecule has 0 bridgehead atoms. The van der Waals surface area contributed by atoms with E-state index in [0.29, 0.717) is 18.0 Å². The number of nitrogens with zero attached hydrogens (tertiary/aromatic N) is 1. The number of sulfone groups is 1. The zero-order chi connectivity index (χ0) is 35.3. The van der Waals surface area contributed by atoms with Crippen LogP contribution in [0.15, 0.2) is 5.38 Å². The van der Waals surface area contributed by atoms with E-state index in [1.165, 1.54) is 11.3 Å². The lowest BCUT2D eigenvalue weighted by Crippen LogP contribution is -2.56. The van der Waals surface area contributed by atoms with Crippen LogP contribution < -0.4 is 21.3 Å². The molecule has 1 aliphatic rings. The van der Waals surface area contributed by atoms with Gasteiger partial charge in [0.25, 0.3) is 0 Å². The molecule has 15 heteroatoms. The molecular formula is C32H55N5O8S2. The summed E-state index contributed by atoms with van der Waals surface area (Å²) in [6, 6.07) is -3.01. The van der Waals surface area contributed by atoms with Crippen LogP contribution in [0.2, 0.25) is 0 Å². The van der Waals surface area contributed by atoms with Crippen molar-refractivity contribution in [1.82, 2.24) is 26.3 Å². The van der Waals surface area contributed by atoms with Gasteiger partial charge in [-0.1, -0.05) is 53.9 Å². The summed E-state index contributed by atoms with van der Waals surface area (Å²) in [6.45, 7) is 11.6. The maximum atomic E-state index is 13.4. The van der Waals surface area contributed by atoms with E-state index in [1.807, 2.05) is 27.7 Å². The largest absolute Gasteiger partial charge is 0.442 e. The Bertz CT molecular complexity index is 1280. The lowest BCUT2D eigenvalue weighted by Gasteiger charge is -2.32. The van der Waals surface area contributed by atoms with Crippen LogP contribution in [0.1, 0.15) is 90.3 Å². The van der Waals surface area contributed by atoms with Crippen molar-refractivity contribution in [2.45, 2.75) is 117 Å². The summed E-state index contributed by atoms with van der Waals surface area (Å²) in [4.78, 5) is 56.6. The van der Waals surface area contributed by atoms with Crippen molar-refractivity contribution in [3.05, 3.63) is 16.1 Å². The standard InChI is InChI=1S/C32H55N5O8S2/c1-19(2)13-24(35-30(40)25(18-47(7,43)44)36-32(42)45-16-27-34-22(6)17-46-27)26(38)14-21(5)29(39)37-28(23-11-9-8-10-12-23)31(41)33-15-20(3)4/h17,19-21,23-26,28,38H,8-16,18H2,1-7H3,(H,33,41)(H,35,40)(H,36,42)(H,37,39)/t21-,24+,25+,26+,28+/m1/s1. The molecule has 5 atom stereocenters. The molecule has 1 heterocycles. The van der Waals surface area contributed by atoms with Crippen molar-refractivity contribution in [3.63, 3.8) is 0 Å². The van der Waals surface area contributed by atoms with Crippen LogP contribution in [0, 0.1) is 30.6 Å². The highest BCUT2D eigenvalue weighted by atomic mass is 32.2. The first-order valence-corrected chi connectivity index (χ1v) is 19.5. The second-order valence-corrected chi connectivity index (χ2v) is 16.8. The summed E-state index contributed by atoms with van der Waals surface area (Å²) in [5.74, 6) is -2.46. The van der Waals surface area contributed by atoms with E-state index < -0.39 is 57.7 Å². The summed E-state index contributed by atoms with van der Waals surface area (Å²) in [5, 5.41) is 24.5. The number of amides is 4. The summed E-state index contributed by atoms with van der Waals surface area (Å²) in [7, 11) is -3.71. The van der Waals surface area contributed by atoms with Gasteiger partial charge in [0.2, 0.25) is 17.7 Å². The Kier molecular flexibility index (Phi) is 16.6. The molecule has 47 heavy (non-hydrogen) atoms. The number of hydrogen-bond donors (Lipinski definition) is 5. The molecule has 0 radical (unpaired) electrons. The van der Waals surface area contributed by atoms with Gasteiger partial charge >= 0.3 is 6.09 Å². The normalized spacial score (nSPS) is 17.3. The summed E-state index contributed by atoms with van der Waals surface area (Å²) >= 11 is 1.30. The average molecular weight is 702 g/mol. The zero-order valence-corrected chi connectivity index (χ0v) is 30.5. The highest BCUT2D eigenvalue weighted by Crippen LogP contribution is 2.27. The molecule has 2 rings (SSSR count). The number of thiazole rings is 1. The van der Waals surface area contributed by atoms with Gasteiger partial charge in [-0.05, 0) is 50.4 Å². The van der Waals surface area contributed by atoms with E-state index in [-0.39, 0.29) is 42.6 Å². The third kappa shape index (κ3) is 15.3. The van der Waals surface area contributed by atoms with Crippen LogP contribution in [0.5, 0.6) is 0 Å². The van der Waals surface area contributed by atoms with Gasteiger partial charge in [0.1, 0.15) is 33.5 Å². The van der Waals surface area contributed by atoms with Crippen LogP contribution in [-0.2, 0) is 35.6 Å². The predicted octanol–water partition coefficient (Wildman–Crippen LogP) is 2.85. The van der Waals surface area contributed by atoms with Gasteiger partial charge in [0.05, 0.1) is 17.9 Å². The molecule has 1 saturated carbocycles. The second-order valence-electron chi connectivity index (χ2n) is 13.7. The molecule has 1 aromatic heterocycles. The summed E-state index contributed by atoms with van der Waals surface area (Å²) in [6.07, 6.45) is 3.88. The van der Waals surface area contributed by atoms with Crippen LogP contribution in [0.3, 0.4) is 0 Å². The number of aliphatic hydroxyl groups is 1. The second kappa shape index (κ2) is 19.3. The first-order valence-electron chi connectivity index (χ1n) is 16.5. The van der Waals surface area contributed by atoms with Gasteiger partial charge in [0.15, 0.2) is 0 Å². The average Bonchev–Trinajstić information content (AvgIpc) is 3.41. The van der Waals surface area contributed by atoms with Gasteiger partial charge < -0.3 is 31.1 Å². The first kappa shape index (κ1) is 40.4. The molecule has 1 fully saturated rings. The molecule has 0 aromatic carbocycles. The van der Waals surface area contributed by atoms with Gasteiger partial charge in [0, 0.05) is 29.8 Å². The van der Waals surface area contributed by atoms with Crippen molar-refractivity contribution >= 4 is 45.0 Å². The minimum atomic E-state index is -3.71. The monoisotopic (exact) mass is 701 g/mol. The van der Waals surface area contributed by atoms with E-state index >= 15 is 0 Å². The number of carbonyl (C=O) groups is 4. The Balaban J connectivity index is 2.10. The molecule has 0 unspecified atom stereocenters. The quantitative estimate of drug-likeness (QED) is 0.153. The van der Waals surface area contributed by atoms with Crippen LogP contribution in [-0.4, -0.2) is 85.1 Å². The minimum Gasteiger partial charge on any atom is -0.442 e. The summed E-state index contributed by atoms with van der Waals surface area (Å²) < 4.78 is 29.5. The Hall–Kier alpha value is -2.78. The molecule has 1 aliphatic carbocycles. The maximum Gasteiger partial charge on any atom is 0.408 e. The predicted molar refractivity (Wildman–Crippen MR) is 181 cm³/mol. The Morgan fingerprint density at radius 1 is 0.957 bits per heavy atom. The van der Waals surface area contributed by atoms with Crippen LogP contribution in [0.25, 0.3) is 0 Å². The van der Waals surface area contributed by atoms with Crippen LogP contribution in [0.4, 0.5) is 4.79 Å². The lowest BCUT2D eigenvalue weighted by molar-refractivity contribution is -0.133. The fourth-order valence-corrected chi connectivity index (χ4v) is 7.10. The van der Waals surface area contributed by atoms with Gasteiger partial charge in [-0.25, -0.2) is 18.2 Å². The maximum absolute atomic E-state index is 13.4. The topological polar surface area (TPSA) is 193 Å². The number of nitrogens with one attached hydrogen (secondary N) is 4. The number of rotatable bonds is 18.